The molecule has 2 aromatic heterocycles. The Morgan fingerprint density at radius 2 is 2.23 bits per heavy atom. The maximum absolute atomic E-state index is 4.32. The summed E-state index contributed by atoms with van der Waals surface area (Å²) in [5, 5.41) is 11.0. The average Bonchev–Trinajstić information content (AvgIpc) is 2.74. The summed E-state index contributed by atoms with van der Waals surface area (Å²) in [5.41, 5.74) is 1.85. The van der Waals surface area contributed by atoms with Gasteiger partial charge in [-0.05, 0) is 25.1 Å². The van der Waals surface area contributed by atoms with Crippen LogP contribution in [0.2, 0.25) is 0 Å². The molecule has 0 atom stereocenters. The van der Waals surface area contributed by atoms with Gasteiger partial charge in [-0.3, -0.25) is 5.10 Å². The summed E-state index contributed by atoms with van der Waals surface area (Å²) in [4.78, 5) is 0. The molecule has 0 aliphatic heterocycles. The van der Waals surface area contributed by atoms with Crippen molar-refractivity contribution in [2.45, 2.75) is 6.92 Å². The minimum Gasteiger partial charge on any atom is -0.277 e. The standard InChI is InChI=1S/C9H10N4/c1-8(9-4-5-10-11-9)12-13-6-2-3-7-13/h2-7H,1H3,(H,10,11)/b12-8-. The molecule has 0 bridgehead atoms. The number of nitrogens with one attached hydrogen (secondary N) is 1. The van der Waals surface area contributed by atoms with Crippen LogP contribution in [-0.2, 0) is 0 Å². The largest absolute Gasteiger partial charge is 0.277 e. The molecule has 0 radical (unpaired) electrons. The normalized spacial score (nSPS) is 11.9. The van der Waals surface area contributed by atoms with E-state index in [1.807, 2.05) is 37.5 Å². The molecule has 0 unspecified atom stereocenters. The van der Waals surface area contributed by atoms with E-state index in [1.54, 1.807) is 10.9 Å². The van der Waals surface area contributed by atoms with Gasteiger partial charge < -0.3 is 0 Å². The Bertz CT molecular complexity index is 383. The monoisotopic (exact) mass is 174 g/mol. The van der Waals surface area contributed by atoms with Crippen molar-refractivity contribution >= 4 is 5.71 Å². The third-order valence-corrected chi connectivity index (χ3v) is 1.74. The SMILES string of the molecule is C/C(=N/n1cccc1)c1ccn[nH]1. The second kappa shape index (κ2) is 3.26. The average molecular weight is 174 g/mol. The molecule has 4 nitrogen and oxygen atoms in total. The van der Waals surface area contributed by atoms with Gasteiger partial charge in [-0.1, -0.05) is 0 Å². The Balaban J connectivity index is 2.27. The molecular formula is C9H10N4. The highest BCUT2D eigenvalue weighted by molar-refractivity contribution is 5.96. The van der Waals surface area contributed by atoms with E-state index in [0.717, 1.165) is 11.4 Å². The number of H-pyrrole nitrogens is 1. The maximum Gasteiger partial charge on any atom is 0.0832 e. The zero-order chi connectivity index (χ0) is 9.10. The van der Waals surface area contributed by atoms with Gasteiger partial charge in [0, 0.05) is 18.6 Å². The predicted octanol–water partition coefficient (Wildman–Crippen LogP) is 1.48. The molecule has 0 aromatic carbocycles. The molecule has 2 rings (SSSR count). The van der Waals surface area contributed by atoms with E-state index < -0.39 is 0 Å². The highest BCUT2D eigenvalue weighted by Crippen LogP contribution is 1.97. The van der Waals surface area contributed by atoms with Crippen LogP contribution in [-0.4, -0.2) is 20.6 Å². The van der Waals surface area contributed by atoms with Gasteiger partial charge in [0.15, 0.2) is 0 Å². The quantitative estimate of drug-likeness (QED) is 0.689. The molecule has 1 N–H and O–H groups in total. The van der Waals surface area contributed by atoms with Crippen LogP contribution in [0.4, 0.5) is 0 Å². The highest BCUT2D eigenvalue weighted by Gasteiger charge is 1.97. The van der Waals surface area contributed by atoms with Gasteiger partial charge in [-0.25, -0.2) is 4.68 Å². The Morgan fingerprint density at radius 3 is 2.85 bits per heavy atom. The van der Waals surface area contributed by atoms with Crippen molar-refractivity contribution in [2.24, 2.45) is 5.10 Å². The Morgan fingerprint density at radius 1 is 1.46 bits per heavy atom. The lowest BCUT2D eigenvalue weighted by atomic mass is 10.3. The highest BCUT2D eigenvalue weighted by atomic mass is 15.3. The summed E-state index contributed by atoms with van der Waals surface area (Å²) in [6, 6.07) is 5.76. The van der Waals surface area contributed by atoms with Crippen molar-refractivity contribution in [2.75, 3.05) is 0 Å². The molecule has 0 saturated carbocycles. The summed E-state index contributed by atoms with van der Waals surface area (Å²) < 4.78 is 1.76. The Kier molecular flexibility index (Phi) is 1.96. The van der Waals surface area contributed by atoms with Gasteiger partial charge in [-0.15, -0.1) is 0 Å². The summed E-state index contributed by atoms with van der Waals surface area (Å²) >= 11 is 0. The van der Waals surface area contributed by atoms with Gasteiger partial charge in [-0.2, -0.15) is 10.2 Å². The number of aromatic amines is 1. The molecule has 2 aromatic rings. The van der Waals surface area contributed by atoms with E-state index in [2.05, 4.69) is 15.3 Å². The summed E-state index contributed by atoms with van der Waals surface area (Å²) in [6.07, 6.45) is 5.49. The second-order valence-corrected chi connectivity index (χ2v) is 2.72. The van der Waals surface area contributed by atoms with Crippen molar-refractivity contribution in [1.29, 1.82) is 0 Å². The minimum atomic E-state index is 0.911. The van der Waals surface area contributed by atoms with Gasteiger partial charge in [0.2, 0.25) is 0 Å². The molecule has 4 heteroatoms. The topological polar surface area (TPSA) is 46.0 Å². The lowest BCUT2D eigenvalue weighted by Crippen LogP contribution is -1.98. The molecule has 0 fully saturated rings. The van der Waals surface area contributed by atoms with Crippen molar-refractivity contribution in [3.63, 3.8) is 0 Å². The Labute approximate surface area is 75.9 Å². The minimum absolute atomic E-state index is 0.911. The molecule has 0 aliphatic carbocycles. The van der Waals surface area contributed by atoms with Crippen LogP contribution < -0.4 is 0 Å². The van der Waals surface area contributed by atoms with Crippen LogP contribution in [0.1, 0.15) is 12.6 Å². The summed E-state index contributed by atoms with van der Waals surface area (Å²) in [5.74, 6) is 0. The summed E-state index contributed by atoms with van der Waals surface area (Å²) in [7, 11) is 0. The van der Waals surface area contributed by atoms with E-state index >= 15 is 0 Å². The van der Waals surface area contributed by atoms with Crippen LogP contribution in [0.25, 0.3) is 0 Å². The fourth-order valence-electron chi connectivity index (χ4n) is 1.08. The van der Waals surface area contributed by atoms with E-state index in [4.69, 9.17) is 0 Å². The predicted molar refractivity (Wildman–Crippen MR) is 50.6 cm³/mol. The fourth-order valence-corrected chi connectivity index (χ4v) is 1.08. The Hall–Kier alpha value is -1.84. The number of hydrogen-bond donors (Lipinski definition) is 1. The number of aromatic nitrogens is 3. The van der Waals surface area contributed by atoms with Crippen LogP contribution in [0, 0.1) is 0 Å². The molecule has 2 heterocycles. The van der Waals surface area contributed by atoms with Gasteiger partial charge in [0.25, 0.3) is 0 Å². The third-order valence-electron chi connectivity index (χ3n) is 1.74. The zero-order valence-corrected chi connectivity index (χ0v) is 7.31. The molecule has 0 saturated heterocycles. The number of rotatable bonds is 2. The number of hydrogen-bond acceptors (Lipinski definition) is 2. The maximum atomic E-state index is 4.32. The lowest BCUT2D eigenvalue weighted by Gasteiger charge is -1.96. The first-order valence-corrected chi connectivity index (χ1v) is 4.04. The van der Waals surface area contributed by atoms with Crippen molar-refractivity contribution in [3.8, 4) is 0 Å². The van der Waals surface area contributed by atoms with Crippen molar-refractivity contribution < 1.29 is 0 Å². The van der Waals surface area contributed by atoms with E-state index in [-0.39, 0.29) is 0 Å². The third kappa shape index (κ3) is 1.66. The zero-order valence-electron chi connectivity index (χ0n) is 7.31. The van der Waals surface area contributed by atoms with Gasteiger partial charge in [0.1, 0.15) is 0 Å². The number of nitrogens with zero attached hydrogens (tertiary/aromatic N) is 3. The van der Waals surface area contributed by atoms with Crippen LogP contribution in [0.3, 0.4) is 0 Å². The summed E-state index contributed by atoms with van der Waals surface area (Å²) in [6.45, 7) is 1.94. The van der Waals surface area contributed by atoms with Gasteiger partial charge >= 0.3 is 0 Å². The first-order valence-electron chi connectivity index (χ1n) is 4.04. The van der Waals surface area contributed by atoms with Crippen molar-refractivity contribution in [1.82, 2.24) is 14.9 Å². The van der Waals surface area contributed by atoms with Crippen LogP contribution in [0.15, 0.2) is 41.9 Å². The van der Waals surface area contributed by atoms with Crippen LogP contribution >= 0.6 is 0 Å². The van der Waals surface area contributed by atoms with Crippen molar-refractivity contribution in [3.05, 3.63) is 42.5 Å². The molecule has 0 aliphatic rings. The molecule has 0 amide bonds. The van der Waals surface area contributed by atoms with E-state index in [0.29, 0.717) is 0 Å². The second-order valence-electron chi connectivity index (χ2n) is 2.72. The lowest BCUT2D eigenvalue weighted by molar-refractivity contribution is 0.884. The smallest absolute Gasteiger partial charge is 0.0832 e. The fraction of sp³-hybridized carbons (Fsp3) is 0.111. The van der Waals surface area contributed by atoms with E-state index in [9.17, 15) is 0 Å². The molecular weight excluding hydrogens is 164 g/mol. The molecule has 66 valence electrons. The first-order chi connectivity index (χ1) is 6.36. The van der Waals surface area contributed by atoms with E-state index in [1.165, 1.54) is 0 Å². The first kappa shape index (κ1) is 7.79. The van der Waals surface area contributed by atoms with Gasteiger partial charge in [0.05, 0.1) is 11.4 Å². The molecule has 13 heavy (non-hydrogen) atoms. The van der Waals surface area contributed by atoms with Crippen LogP contribution in [0.5, 0.6) is 0 Å². The molecule has 0 spiro atoms.